The fourth-order valence-electron chi connectivity index (χ4n) is 1.84. The first-order chi connectivity index (χ1) is 6.17. The van der Waals surface area contributed by atoms with Crippen molar-refractivity contribution in [3.63, 3.8) is 0 Å². The Labute approximate surface area is 92.7 Å². The molecule has 1 heteroatoms. The Morgan fingerprint density at radius 2 is 1.50 bits per heavy atom. The summed E-state index contributed by atoms with van der Waals surface area (Å²) in [7, 11) is 0. The van der Waals surface area contributed by atoms with Crippen molar-refractivity contribution in [2.24, 2.45) is 10.8 Å². The summed E-state index contributed by atoms with van der Waals surface area (Å²) in [6, 6.07) is 0. The molecular formula is C13H19Cl. The monoisotopic (exact) mass is 210 g/mol. The molecule has 0 aromatic rings. The topological polar surface area (TPSA) is 0 Å². The van der Waals surface area contributed by atoms with Gasteiger partial charge in [-0.25, -0.2) is 0 Å². The van der Waals surface area contributed by atoms with Gasteiger partial charge in [-0.15, -0.1) is 11.6 Å². The highest BCUT2D eigenvalue weighted by atomic mass is 35.5. The van der Waals surface area contributed by atoms with E-state index in [-0.39, 0.29) is 15.7 Å². The molecule has 14 heavy (non-hydrogen) atoms. The average Bonchev–Trinajstić information content (AvgIpc) is 2.29. The maximum Gasteiger partial charge on any atom is 0.116 e. The van der Waals surface area contributed by atoms with E-state index < -0.39 is 0 Å². The van der Waals surface area contributed by atoms with Gasteiger partial charge < -0.3 is 0 Å². The lowest BCUT2D eigenvalue weighted by molar-refractivity contribution is 0.457. The molecule has 1 rings (SSSR count). The van der Waals surface area contributed by atoms with Gasteiger partial charge in [0.2, 0.25) is 0 Å². The molecule has 0 atom stereocenters. The molecule has 0 aromatic carbocycles. The molecule has 0 amide bonds. The second kappa shape index (κ2) is 3.04. The molecule has 0 nitrogen and oxygen atoms in total. The summed E-state index contributed by atoms with van der Waals surface area (Å²) in [6.45, 7) is 12.8. The van der Waals surface area contributed by atoms with E-state index in [2.05, 4.69) is 39.5 Å². The van der Waals surface area contributed by atoms with Crippen molar-refractivity contribution in [1.29, 1.82) is 0 Å². The van der Waals surface area contributed by atoms with Crippen LogP contribution in [0.5, 0.6) is 0 Å². The van der Waals surface area contributed by atoms with Crippen molar-refractivity contribution >= 4 is 11.6 Å². The number of halogens is 1. The van der Waals surface area contributed by atoms with E-state index in [0.717, 1.165) is 0 Å². The number of hydrogen-bond donors (Lipinski definition) is 0. The molecule has 0 N–H and O–H groups in total. The molecular weight excluding hydrogens is 192 g/mol. The standard InChI is InChI=1S/C13H19Cl/c1-10(2)8-7-9-13(14)11(3,4)12(13,5)6/h8H,1-6H3. The summed E-state index contributed by atoms with van der Waals surface area (Å²) in [5, 5.41) is 0. The first kappa shape index (κ1) is 11.7. The average molecular weight is 211 g/mol. The Morgan fingerprint density at radius 1 is 1.07 bits per heavy atom. The van der Waals surface area contributed by atoms with Gasteiger partial charge in [-0.2, -0.15) is 0 Å². The van der Waals surface area contributed by atoms with Crippen molar-refractivity contribution in [3.05, 3.63) is 11.6 Å². The van der Waals surface area contributed by atoms with E-state index in [0.29, 0.717) is 0 Å². The fourth-order valence-corrected chi connectivity index (χ4v) is 2.32. The van der Waals surface area contributed by atoms with E-state index in [9.17, 15) is 0 Å². The molecule has 0 saturated heterocycles. The van der Waals surface area contributed by atoms with E-state index >= 15 is 0 Å². The van der Waals surface area contributed by atoms with Crippen LogP contribution in [0, 0.1) is 22.7 Å². The van der Waals surface area contributed by atoms with Crippen LogP contribution in [-0.4, -0.2) is 4.87 Å². The van der Waals surface area contributed by atoms with Gasteiger partial charge in [-0.05, 0) is 19.9 Å². The Balaban J connectivity index is 2.91. The molecule has 78 valence electrons. The van der Waals surface area contributed by atoms with Gasteiger partial charge in [0.1, 0.15) is 4.87 Å². The van der Waals surface area contributed by atoms with Gasteiger partial charge in [-0.1, -0.05) is 45.1 Å². The molecule has 0 aromatic heterocycles. The Hall–Kier alpha value is -0.410. The minimum absolute atomic E-state index is 0.101. The third kappa shape index (κ3) is 1.30. The van der Waals surface area contributed by atoms with Crippen LogP contribution < -0.4 is 0 Å². The quantitative estimate of drug-likeness (QED) is 0.419. The van der Waals surface area contributed by atoms with Gasteiger partial charge in [0.15, 0.2) is 0 Å². The highest BCUT2D eigenvalue weighted by Gasteiger charge is 2.76. The molecule has 1 saturated carbocycles. The normalized spacial score (nSPS) is 24.5. The molecule has 1 aliphatic carbocycles. The van der Waals surface area contributed by atoms with Crippen molar-refractivity contribution in [3.8, 4) is 11.8 Å². The fraction of sp³-hybridized carbons (Fsp3) is 0.692. The zero-order valence-electron chi connectivity index (χ0n) is 9.96. The summed E-state index contributed by atoms with van der Waals surface area (Å²) >= 11 is 6.51. The van der Waals surface area contributed by atoms with Gasteiger partial charge in [0, 0.05) is 10.8 Å². The minimum Gasteiger partial charge on any atom is -0.104 e. The summed E-state index contributed by atoms with van der Waals surface area (Å²) < 4.78 is 0. The Kier molecular flexibility index (Phi) is 2.53. The van der Waals surface area contributed by atoms with Crippen LogP contribution in [0.4, 0.5) is 0 Å². The van der Waals surface area contributed by atoms with E-state index in [1.165, 1.54) is 5.57 Å². The van der Waals surface area contributed by atoms with E-state index in [4.69, 9.17) is 11.6 Å². The van der Waals surface area contributed by atoms with Gasteiger partial charge in [0.05, 0.1) is 0 Å². The van der Waals surface area contributed by atoms with Crippen LogP contribution >= 0.6 is 11.6 Å². The second-order valence-electron chi connectivity index (χ2n) is 5.40. The third-order valence-electron chi connectivity index (χ3n) is 3.83. The lowest BCUT2D eigenvalue weighted by atomic mass is 10.0. The smallest absolute Gasteiger partial charge is 0.104 e. The van der Waals surface area contributed by atoms with Gasteiger partial charge >= 0.3 is 0 Å². The van der Waals surface area contributed by atoms with Gasteiger partial charge in [-0.3, -0.25) is 0 Å². The molecule has 0 unspecified atom stereocenters. The zero-order chi connectivity index (χ0) is 11.2. The maximum absolute atomic E-state index is 6.51. The molecule has 1 aliphatic rings. The number of allylic oxidation sites excluding steroid dienone is 2. The summed E-state index contributed by atoms with van der Waals surface area (Å²) in [5.74, 6) is 6.24. The summed E-state index contributed by atoms with van der Waals surface area (Å²) in [4.78, 5) is -0.355. The van der Waals surface area contributed by atoms with Crippen LogP contribution in [0.15, 0.2) is 11.6 Å². The van der Waals surface area contributed by atoms with Crippen LogP contribution in [0.1, 0.15) is 41.5 Å². The van der Waals surface area contributed by atoms with Crippen molar-refractivity contribution in [2.75, 3.05) is 0 Å². The number of hydrogen-bond acceptors (Lipinski definition) is 0. The zero-order valence-corrected chi connectivity index (χ0v) is 10.7. The Bertz CT molecular complexity index is 316. The SMILES string of the molecule is CC(C)=CC#CC1(Cl)C(C)(C)C1(C)C. The third-order valence-corrected chi connectivity index (χ3v) is 4.87. The summed E-state index contributed by atoms with van der Waals surface area (Å²) in [6.07, 6.45) is 1.93. The number of alkyl halides is 1. The Morgan fingerprint density at radius 3 is 1.79 bits per heavy atom. The van der Waals surface area contributed by atoms with Crippen LogP contribution in [0.25, 0.3) is 0 Å². The van der Waals surface area contributed by atoms with E-state index in [1.807, 2.05) is 19.9 Å². The highest BCUT2D eigenvalue weighted by molar-refractivity contribution is 6.30. The largest absolute Gasteiger partial charge is 0.116 e. The second-order valence-corrected chi connectivity index (χ2v) is 5.97. The van der Waals surface area contributed by atoms with Crippen molar-refractivity contribution in [1.82, 2.24) is 0 Å². The predicted molar refractivity (Wildman–Crippen MR) is 63.4 cm³/mol. The van der Waals surface area contributed by atoms with Crippen LogP contribution in [0.2, 0.25) is 0 Å². The number of rotatable bonds is 0. The first-order valence-corrected chi connectivity index (χ1v) is 5.39. The van der Waals surface area contributed by atoms with Crippen LogP contribution in [-0.2, 0) is 0 Å². The van der Waals surface area contributed by atoms with Crippen molar-refractivity contribution in [2.45, 2.75) is 46.4 Å². The molecule has 0 bridgehead atoms. The molecule has 1 fully saturated rings. The molecule has 0 aliphatic heterocycles. The van der Waals surface area contributed by atoms with Crippen LogP contribution in [0.3, 0.4) is 0 Å². The molecule has 0 radical (unpaired) electrons. The maximum atomic E-state index is 6.51. The first-order valence-electron chi connectivity index (χ1n) is 5.02. The summed E-state index contributed by atoms with van der Waals surface area (Å²) in [5.41, 5.74) is 1.42. The van der Waals surface area contributed by atoms with Crippen molar-refractivity contribution < 1.29 is 0 Å². The van der Waals surface area contributed by atoms with Gasteiger partial charge in [0.25, 0.3) is 0 Å². The lowest BCUT2D eigenvalue weighted by Gasteiger charge is -2.02. The highest BCUT2D eigenvalue weighted by Crippen LogP contribution is 2.74. The lowest BCUT2D eigenvalue weighted by Crippen LogP contribution is -2.05. The predicted octanol–water partition coefficient (Wildman–Crippen LogP) is 4.00. The minimum atomic E-state index is -0.355. The molecule has 0 heterocycles. The van der Waals surface area contributed by atoms with E-state index in [1.54, 1.807) is 0 Å². The molecule has 0 spiro atoms.